The van der Waals surface area contributed by atoms with Gasteiger partial charge in [-0.1, -0.05) is 24.3 Å². The normalized spacial score (nSPS) is 13.6. The molecule has 0 radical (unpaired) electrons. The number of amides is 1. The fraction of sp³-hybridized carbons (Fsp3) is 0.278. The first-order valence-corrected chi connectivity index (χ1v) is 7.72. The highest BCUT2D eigenvalue weighted by Gasteiger charge is 2.20. The standard InChI is InChI=1S/C18H21N3O/c22-18(13-19-12-14-9-10-14)21-17-8-4-7-16(11-17)20-15-5-2-1-3-6-15/h1-8,11,14,19-20H,9-10,12-13H2,(H,21,22). The lowest BCUT2D eigenvalue weighted by Gasteiger charge is -2.10. The topological polar surface area (TPSA) is 53.2 Å². The molecule has 2 aromatic rings. The van der Waals surface area contributed by atoms with Gasteiger partial charge < -0.3 is 16.0 Å². The quantitative estimate of drug-likeness (QED) is 0.734. The molecule has 0 heterocycles. The van der Waals surface area contributed by atoms with Crippen LogP contribution >= 0.6 is 0 Å². The summed E-state index contributed by atoms with van der Waals surface area (Å²) in [4.78, 5) is 11.9. The van der Waals surface area contributed by atoms with Gasteiger partial charge >= 0.3 is 0 Å². The molecule has 3 rings (SSSR count). The Morgan fingerprint density at radius 1 is 0.955 bits per heavy atom. The Morgan fingerprint density at radius 3 is 2.45 bits per heavy atom. The highest BCUT2D eigenvalue weighted by atomic mass is 16.1. The van der Waals surface area contributed by atoms with Gasteiger partial charge in [0, 0.05) is 17.1 Å². The van der Waals surface area contributed by atoms with Crippen LogP contribution in [0.3, 0.4) is 0 Å². The highest BCUT2D eigenvalue weighted by molar-refractivity contribution is 5.92. The average Bonchev–Trinajstić information content (AvgIpc) is 3.33. The lowest BCUT2D eigenvalue weighted by Crippen LogP contribution is -2.29. The van der Waals surface area contributed by atoms with E-state index in [0.717, 1.165) is 29.5 Å². The van der Waals surface area contributed by atoms with Crippen LogP contribution in [-0.4, -0.2) is 19.0 Å². The van der Waals surface area contributed by atoms with Gasteiger partial charge in [-0.15, -0.1) is 0 Å². The summed E-state index contributed by atoms with van der Waals surface area (Å²) in [6.07, 6.45) is 2.59. The van der Waals surface area contributed by atoms with Crippen LogP contribution in [0.15, 0.2) is 54.6 Å². The third-order valence-corrected chi connectivity index (χ3v) is 3.62. The number of rotatable bonds is 7. The number of benzene rings is 2. The van der Waals surface area contributed by atoms with Crippen molar-refractivity contribution in [1.29, 1.82) is 0 Å². The molecule has 1 fully saturated rings. The first kappa shape index (κ1) is 14.6. The van der Waals surface area contributed by atoms with Gasteiger partial charge in [0.25, 0.3) is 0 Å². The molecular formula is C18H21N3O. The van der Waals surface area contributed by atoms with Crippen LogP contribution in [-0.2, 0) is 4.79 Å². The number of anilines is 3. The van der Waals surface area contributed by atoms with Crippen molar-refractivity contribution in [2.24, 2.45) is 5.92 Å². The maximum absolute atomic E-state index is 11.9. The SMILES string of the molecule is O=C(CNCC1CC1)Nc1cccc(Nc2ccccc2)c1. The molecule has 114 valence electrons. The number of nitrogens with one attached hydrogen (secondary N) is 3. The number of carbonyl (C=O) groups is 1. The van der Waals surface area contributed by atoms with E-state index in [-0.39, 0.29) is 5.91 Å². The van der Waals surface area contributed by atoms with Crippen LogP contribution in [0.1, 0.15) is 12.8 Å². The fourth-order valence-corrected chi connectivity index (χ4v) is 2.28. The van der Waals surface area contributed by atoms with Crippen LogP contribution in [0.4, 0.5) is 17.1 Å². The summed E-state index contributed by atoms with van der Waals surface area (Å²) < 4.78 is 0. The van der Waals surface area contributed by atoms with E-state index in [1.165, 1.54) is 12.8 Å². The van der Waals surface area contributed by atoms with Crippen LogP contribution in [0.2, 0.25) is 0 Å². The third-order valence-electron chi connectivity index (χ3n) is 3.62. The Morgan fingerprint density at radius 2 is 1.68 bits per heavy atom. The van der Waals surface area contributed by atoms with Gasteiger partial charge in [-0.25, -0.2) is 0 Å². The highest BCUT2D eigenvalue weighted by Crippen LogP contribution is 2.27. The second-order valence-corrected chi connectivity index (χ2v) is 5.69. The van der Waals surface area contributed by atoms with Gasteiger partial charge in [0.05, 0.1) is 6.54 Å². The molecule has 0 aliphatic heterocycles. The maximum Gasteiger partial charge on any atom is 0.238 e. The summed E-state index contributed by atoms with van der Waals surface area (Å²) in [6, 6.07) is 17.7. The largest absolute Gasteiger partial charge is 0.355 e. The predicted molar refractivity (Wildman–Crippen MR) is 90.4 cm³/mol. The Bertz CT molecular complexity index is 623. The molecule has 0 saturated heterocycles. The minimum atomic E-state index is -0.00230. The minimum Gasteiger partial charge on any atom is -0.355 e. The summed E-state index contributed by atoms with van der Waals surface area (Å²) in [7, 11) is 0. The molecule has 0 bridgehead atoms. The van der Waals surface area contributed by atoms with Crippen molar-refractivity contribution in [3.8, 4) is 0 Å². The van der Waals surface area contributed by atoms with E-state index in [0.29, 0.717) is 6.54 Å². The van der Waals surface area contributed by atoms with Gasteiger partial charge in [-0.3, -0.25) is 4.79 Å². The average molecular weight is 295 g/mol. The first-order valence-electron chi connectivity index (χ1n) is 7.72. The molecule has 4 heteroatoms. The van der Waals surface area contributed by atoms with Crippen molar-refractivity contribution in [3.05, 3.63) is 54.6 Å². The van der Waals surface area contributed by atoms with E-state index < -0.39 is 0 Å². The van der Waals surface area contributed by atoms with Crippen LogP contribution in [0, 0.1) is 5.92 Å². The molecule has 1 aliphatic carbocycles. The lowest BCUT2D eigenvalue weighted by molar-refractivity contribution is -0.115. The number of hydrogen-bond acceptors (Lipinski definition) is 3. The predicted octanol–water partition coefficient (Wildman–Crippen LogP) is 3.37. The molecule has 0 aromatic heterocycles. The van der Waals surface area contributed by atoms with Crippen LogP contribution in [0.5, 0.6) is 0 Å². The first-order chi connectivity index (χ1) is 10.8. The lowest BCUT2D eigenvalue weighted by atomic mass is 10.2. The molecule has 1 amide bonds. The van der Waals surface area contributed by atoms with Crippen molar-refractivity contribution in [2.75, 3.05) is 23.7 Å². The smallest absolute Gasteiger partial charge is 0.238 e. The maximum atomic E-state index is 11.9. The van der Waals surface area contributed by atoms with Crippen molar-refractivity contribution >= 4 is 23.0 Å². The van der Waals surface area contributed by atoms with Crippen LogP contribution in [0.25, 0.3) is 0 Å². The molecule has 1 aliphatic rings. The van der Waals surface area contributed by atoms with E-state index in [4.69, 9.17) is 0 Å². The van der Waals surface area contributed by atoms with Crippen molar-refractivity contribution in [1.82, 2.24) is 5.32 Å². The van der Waals surface area contributed by atoms with E-state index in [9.17, 15) is 4.79 Å². The van der Waals surface area contributed by atoms with E-state index >= 15 is 0 Å². The molecule has 1 saturated carbocycles. The summed E-state index contributed by atoms with van der Waals surface area (Å²) >= 11 is 0. The van der Waals surface area contributed by atoms with E-state index in [2.05, 4.69) is 16.0 Å². The van der Waals surface area contributed by atoms with Crippen molar-refractivity contribution in [3.63, 3.8) is 0 Å². The van der Waals surface area contributed by atoms with Crippen LogP contribution < -0.4 is 16.0 Å². The second-order valence-electron chi connectivity index (χ2n) is 5.69. The van der Waals surface area contributed by atoms with Gasteiger partial charge in [0.1, 0.15) is 0 Å². The van der Waals surface area contributed by atoms with Crippen molar-refractivity contribution < 1.29 is 4.79 Å². The Hall–Kier alpha value is -2.33. The summed E-state index contributed by atoms with van der Waals surface area (Å²) in [5, 5.41) is 9.43. The molecule has 0 atom stereocenters. The zero-order valence-corrected chi connectivity index (χ0v) is 12.5. The van der Waals surface area contributed by atoms with Gasteiger partial charge in [0.2, 0.25) is 5.91 Å². The Kier molecular flexibility index (Phi) is 4.71. The fourth-order valence-electron chi connectivity index (χ4n) is 2.28. The molecule has 22 heavy (non-hydrogen) atoms. The molecule has 2 aromatic carbocycles. The van der Waals surface area contributed by atoms with Crippen molar-refractivity contribution in [2.45, 2.75) is 12.8 Å². The number of carbonyl (C=O) groups excluding carboxylic acids is 1. The molecule has 4 nitrogen and oxygen atoms in total. The second kappa shape index (κ2) is 7.09. The zero-order chi connectivity index (χ0) is 15.2. The Balaban J connectivity index is 1.52. The van der Waals surface area contributed by atoms with E-state index in [1.54, 1.807) is 0 Å². The molecule has 0 unspecified atom stereocenters. The monoisotopic (exact) mass is 295 g/mol. The molecular weight excluding hydrogens is 274 g/mol. The third kappa shape index (κ3) is 4.60. The van der Waals surface area contributed by atoms with E-state index in [1.807, 2.05) is 54.6 Å². The molecule has 3 N–H and O–H groups in total. The van der Waals surface area contributed by atoms with Gasteiger partial charge in [-0.05, 0) is 55.6 Å². The van der Waals surface area contributed by atoms with Gasteiger partial charge in [0.15, 0.2) is 0 Å². The Labute approximate surface area is 130 Å². The number of hydrogen-bond donors (Lipinski definition) is 3. The number of para-hydroxylation sites is 1. The summed E-state index contributed by atoms with van der Waals surface area (Å²) in [5.41, 5.74) is 2.78. The van der Waals surface area contributed by atoms with Gasteiger partial charge in [-0.2, -0.15) is 0 Å². The molecule has 0 spiro atoms. The minimum absolute atomic E-state index is 0.00230. The summed E-state index contributed by atoms with van der Waals surface area (Å²) in [6.45, 7) is 1.32. The zero-order valence-electron chi connectivity index (χ0n) is 12.5. The summed E-state index contributed by atoms with van der Waals surface area (Å²) in [5.74, 6) is 0.781.